The third-order valence-electron chi connectivity index (χ3n) is 1.63. The first-order valence-corrected chi connectivity index (χ1v) is 4.67. The molecule has 0 aliphatic rings. The standard InChI is InChI=1S/C10H18O3/c1-3-4-8-13-10(12)9(2)6-5-7-11/h6,11H,3-5,7-8H2,1-2H3. The zero-order valence-corrected chi connectivity index (χ0v) is 8.38. The van der Waals surface area contributed by atoms with Crippen molar-refractivity contribution in [3.05, 3.63) is 11.6 Å². The molecule has 0 radical (unpaired) electrons. The van der Waals surface area contributed by atoms with Gasteiger partial charge in [0.2, 0.25) is 0 Å². The Labute approximate surface area is 79.4 Å². The summed E-state index contributed by atoms with van der Waals surface area (Å²) in [7, 11) is 0. The number of carbonyl (C=O) groups excluding carboxylic acids is 1. The average Bonchev–Trinajstić information content (AvgIpc) is 2.14. The minimum atomic E-state index is -0.276. The lowest BCUT2D eigenvalue weighted by Gasteiger charge is -2.03. The van der Waals surface area contributed by atoms with Crippen molar-refractivity contribution >= 4 is 5.97 Å². The number of carbonyl (C=O) groups is 1. The highest BCUT2D eigenvalue weighted by Gasteiger charge is 2.03. The quantitative estimate of drug-likeness (QED) is 0.390. The number of ether oxygens (including phenoxy) is 1. The minimum absolute atomic E-state index is 0.0690. The van der Waals surface area contributed by atoms with Gasteiger partial charge in [-0.3, -0.25) is 0 Å². The second-order valence-corrected chi connectivity index (χ2v) is 2.89. The predicted molar refractivity (Wildman–Crippen MR) is 51.3 cm³/mol. The summed E-state index contributed by atoms with van der Waals surface area (Å²) >= 11 is 0. The fourth-order valence-electron chi connectivity index (χ4n) is 0.787. The van der Waals surface area contributed by atoms with E-state index in [1.54, 1.807) is 13.0 Å². The van der Waals surface area contributed by atoms with Crippen LogP contribution in [0.3, 0.4) is 0 Å². The zero-order chi connectivity index (χ0) is 10.1. The molecular weight excluding hydrogens is 168 g/mol. The fourth-order valence-corrected chi connectivity index (χ4v) is 0.787. The van der Waals surface area contributed by atoms with E-state index < -0.39 is 0 Å². The first kappa shape index (κ1) is 12.2. The van der Waals surface area contributed by atoms with Crippen LogP contribution < -0.4 is 0 Å². The van der Waals surface area contributed by atoms with E-state index in [-0.39, 0.29) is 12.6 Å². The molecule has 0 amide bonds. The van der Waals surface area contributed by atoms with E-state index in [4.69, 9.17) is 9.84 Å². The van der Waals surface area contributed by atoms with Gasteiger partial charge in [0.1, 0.15) is 0 Å². The Morgan fingerprint density at radius 3 is 2.77 bits per heavy atom. The van der Waals surface area contributed by atoms with Gasteiger partial charge in [-0.25, -0.2) is 4.79 Å². The van der Waals surface area contributed by atoms with Crippen molar-refractivity contribution in [3.8, 4) is 0 Å². The van der Waals surface area contributed by atoms with Crippen molar-refractivity contribution < 1.29 is 14.6 Å². The van der Waals surface area contributed by atoms with Crippen LogP contribution in [0.15, 0.2) is 11.6 Å². The Morgan fingerprint density at radius 2 is 2.23 bits per heavy atom. The van der Waals surface area contributed by atoms with Gasteiger partial charge in [0.25, 0.3) is 0 Å². The number of hydrogen-bond donors (Lipinski definition) is 1. The van der Waals surface area contributed by atoms with Crippen molar-refractivity contribution in [1.29, 1.82) is 0 Å². The van der Waals surface area contributed by atoms with Crippen LogP contribution in [-0.4, -0.2) is 24.3 Å². The minimum Gasteiger partial charge on any atom is -0.462 e. The molecule has 0 aromatic carbocycles. The SMILES string of the molecule is CCCCOC(=O)C(C)=CCCO. The molecule has 0 atom stereocenters. The molecule has 3 nitrogen and oxygen atoms in total. The largest absolute Gasteiger partial charge is 0.462 e. The summed E-state index contributed by atoms with van der Waals surface area (Å²) in [5.74, 6) is -0.276. The molecule has 0 bridgehead atoms. The summed E-state index contributed by atoms with van der Waals surface area (Å²) in [4.78, 5) is 11.2. The Morgan fingerprint density at radius 1 is 1.54 bits per heavy atom. The molecule has 0 aromatic heterocycles. The fraction of sp³-hybridized carbons (Fsp3) is 0.700. The smallest absolute Gasteiger partial charge is 0.333 e. The molecule has 76 valence electrons. The van der Waals surface area contributed by atoms with E-state index >= 15 is 0 Å². The van der Waals surface area contributed by atoms with Gasteiger partial charge in [0.05, 0.1) is 6.61 Å². The molecule has 0 aliphatic heterocycles. The van der Waals surface area contributed by atoms with E-state index in [0.717, 1.165) is 12.8 Å². The van der Waals surface area contributed by atoms with Gasteiger partial charge in [-0.15, -0.1) is 0 Å². The van der Waals surface area contributed by atoms with E-state index in [1.807, 2.05) is 6.92 Å². The Balaban J connectivity index is 3.69. The van der Waals surface area contributed by atoms with Crippen molar-refractivity contribution in [1.82, 2.24) is 0 Å². The van der Waals surface area contributed by atoms with Crippen LogP contribution in [0, 0.1) is 0 Å². The molecule has 0 aliphatic carbocycles. The monoisotopic (exact) mass is 186 g/mol. The van der Waals surface area contributed by atoms with Crippen molar-refractivity contribution in [3.63, 3.8) is 0 Å². The normalized spacial score (nSPS) is 11.5. The van der Waals surface area contributed by atoms with E-state index in [2.05, 4.69) is 0 Å². The maximum Gasteiger partial charge on any atom is 0.333 e. The van der Waals surface area contributed by atoms with Gasteiger partial charge in [0.15, 0.2) is 0 Å². The topological polar surface area (TPSA) is 46.5 Å². The van der Waals surface area contributed by atoms with Crippen molar-refractivity contribution in [2.45, 2.75) is 33.1 Å². The first-order chi connectivity index (χ1) is 6.22. The summed E-state index contributed by atoms with van der Waals surface area (Å²) in [6.45, 7) is 4.30. The molecule has 0 rings (SSSR count). The lowest BCUT2D eigenvalue weighted by Crippen LogP contribution is -2.07. The van der Waals surface area contributed by atoms with E-state index in [1.165, 1.54) is 0 Å². The van der Waals surface area contributed by atoms with Gasteiger partial charge >= 0.3 is 5.97 Å². The second-order valence-electron chi connectivity index (χ2n) is 2.89. The van der Waals surface area contributed by atoms with Gasteiger partial charge in [0, 0.05) is 12.2 Å². The predicted octanol–water partition coefficient (Wildman–Crippen LogP) is 1.66. The molecule has 0 aromatic rings. The van der Waals surface area contributed by atoms with Crippen LogP contribution in [0.25, 0.3) is 0 Å². The lowest BCUT2D eigenvalue weighted by atomic mass is 10.2. The van der Waals surface area contributed by atoms with Crippen LogP contribution in [0.2, 0.25) is 0 Å². The summed E-state index contributed by atoms with van der Waals surface area (Å²) in [6.07, 6.45) is 4.12. The number of aliphatic hydroxyl groups excluding tert-OH is 1. The van der Waals surface area contributed by atoms with Crippen LogP contribution in [0.1, 0.15) is 33.1 Å². The molecule has 0 fully saturated rings. The van der Waals surface area contributed by atoms with Gasteiger partial charge in [-0.05, 0) is 19.8 Å². The second kappa shape index (κ2) is 7.80. The molecule has 0 saturated heterocycles. The number of hydrogen-bond acceptors (Lipinski definition) is 3. The summed E-state index contributed by atoms with van der Waals surface area (Å²) < 4.78 is 4.95. The third kappa shape index (κ3) is 6.34. The van der Waals surface area contributed by atoms with E-state index in [9.17, 15) is 4.79 Å². The van der Waals surface area contributed by atoms with Crippen LogP contribution in [0.5, 0.6) is 0 Å². The zero-order valence-electron chi connectivity index (χ0n) is 8.38. The van der Waals surface area contributed by atoms with Gasteiger partial charge in [-0.2, -0.15) is 0 Å². The van der Waals surface area contributed by atoms with Crippen LogP contribution in [0.4, 0.5) is 0 Å². The maximum atomic E-state index is 11.2. The van der Waals surface area contributed by atoms with E-state index in [0.29, 0.717) is 18.6 Å². The number of esters is 1. The molecule has 13 heavy (non-hydrogen) atoms. The molecule has 0 heterocycles. The molecule has 0 saturated carbocycles. The summed E-state index contributed by atoms with van der Waals surface area (Å²) in [6, 6.07) is 0. The Kier molecular flexibility index (Phi) is 7.30. The number of aliphatic hydroxyl groups is 1. The number of rotatable bonds is 6. The Bertz CT molecular complexity index is 173. The highest BCUT2D eigenvalue weighted by atomic mass is 16.5. The van der Waals surface area contributed by atoms with Crippen LogP contribution >= 0.6 is 0 Å². The number of unbranched alkanes of at least 4 members (excludes halogenated alkanes) is 1. The molecular formula is C10H18O3. The summed E-state index contributed by atoms with van der Waals surface area (Å²) in [5, 5.41) is 8.51. The Hall–Kier alpha value is -0.830. The van der Waals surface area contributed by atoms with Crippen molar-refractivity contribution in [2.24, 2.45) is 0 Å². The highest BCUT2D eigenvalue weighted by Crippen LogP contribution is 1.99. The van der Waals surface area contributed by atoms with Gasteiger partial charge in [-0.1, -0.05) is 19.4 Å². The van der Waals surface area contributed by atoms with Gasteiger partial charge < -0.3 is 9.84 Å². The van der Waals surface area contributed by atoms with Crippen LogP contribution in [-0.2, 0) is 9.53 Å². The maximum absolute atomic E-state index is 11.2. The molecule has 0 unspecified atom stereocenters. The molecule has 1 N–H and O–H groups in total. The highest BCUT2D eigenvalue weighted by molar-refractivity contribution is 5.87. The van der Waals surface area contributed by atoms with Crippen molar-refractivity contribution in [2.75, 3.05) is 13.2 Å². The molecule has 3 heteroatoms. The summed E-state index contributed by atoms with van der Waals surface area (Å²) in [5.41, 5.74) is 0.574. The third-order valence-corrected chi connectivity index (χ3v) is 1.63. The average molecular weight is 186 g/mol. The lowest BCUT2D eigenvalue weighted by molar-refractivity contribution is -0.139. The molecule has 0 spiro atoms. The first-order valence-electron chi connectivity index (χ1n) is 4.67.